The number of benzene rings is 1. The smallest absolute Gasteiger partial charge is 0.328 e. The van der Waals surface area contributed by atoms with Crippen LogP contribution < -0.4 is 5.32 Å². The van der Waals surface area contributed by atoms with Gasteiger partial charge in [0.15, 0.2) is 0 Å². The fourth-order valence-corrected chi connectivity index (χ4v) is 3.37. The van der Waals surface area contributed by atoms with Gasteiger partial charge in [-0.1, -0.05) is 22.0 Å². The molecular weight excluding hydrogens is 407 g/mol. The van der Waals surface area contributed by atoms with Crippen molar-refractivity contribution in [3.8, 4) is 0 Å². The van der Waals surface area contributed by atoms with Crippen LogP contribution in [0.1, 0.15) is 29.9 Å². The van der Waals surface area contributed by atoms with Crippen LogP contribution in [0.3, 0.4) is 0 Å². The van der Waals surface area contributed by atoms with Crippen molar-refractivity contribution in [1.29, 1.82) is 0 Å². The molecule has 2 aromatic rings. The Bertz CT molecular complexity index is 841. The Hall–Kier alpha value is -2.42. The average Bonchev–Trinajstić information content (AvgIpc) is 3.09. The van der Waals surface area contributed by atoms with Gasteiger partial charge >= 0.3 is 12.0 Å². The number of aromatic nitrogens is 2. The van der Waals surface area contributed by atoms with E-state index in [4.69, 9.17) is 0 Å². The number of urea groups is 1. The lowest BCUT2D eigenvalue weighted by atomic mass is 9.95. The minimum atomic E-state index is -0.816. The van der Waals surface area contributed by atoms with E-state index in [0.717, 1.165) is 5.69 Å². The molecular formula is C17H18BrFN4O3. The van der Waals surface area contributed by atoms with Crippen LogP contribution in [0.4, 0.5) is 9.18 Å². The molecule has 0 spiro atoms. The zero-order chi connectivity index (χ0) is 18.8. The van der Waals surface area contributed by atoms with Crippen LogP contribution in [-0.2, 0) is 16.0 Å². The quantitative estimate of drug-likeness (QED) is 0.741. The van der Waals surface area contributed by atoms with Gasteiger partial charge in [0, 0.05) is 28.7 Å². The van der Waals surface area contributed by atoms with Crippen molar-refractivity contribution in [2.45, 2.75) is 25.4 Å². The second-order valence-corrected chi connectivity index (χ2v) is 6.89. The van der Waals surface area contributed by atoms with Gasteiger partial charge in [-0.3, -0.25) is 0 Å². The molecule has 138 valence electrons. The second kappa shape index (κ2) is 7.45. The van der Waals surface area contributed by atoms with E-state index in [1.807, 2.05) is 0 Å². The fraction of sp³-hybridized carbons (Fsp3) is 0.353. The molecule has 1 aromatic heterocycles. The molecule has 9 heteroatoms. The van der Waals surface area contributed by atoms with Crippen LogP contribution in [0.2, 0.25) is 0 Å². The molecule has 2 atom stereocenters. The monoisotopic (exact) mass is 424 g/mol. The fourth-order valence-electron chi connectivity index (χ4n) is 3.04. The van der Waals surface area contributed by atoms with Gasteiger partial charge in [-0.2, -0.15) is 0 Å². The number of nitrogens with one attached hydrogen (secondary N) is 2. The van der Waals surface area contributed by atoms with Gasteiger partial charge in [-0.25, -0.2) is 19.0 Å². The highest BCUT2D eigenvalue weighted by molar-refractivity contribution is 9.10. The molecule has 26 heavy (non-hydrogen) atoms. The molecule has 2 N–H and O–H groups in total. The third-order valence-corrected chi connectivity index (χ3v) is 4.83. The first-order chi connectivity index (χ1) is 12.4. The van der Waals surface area contributed by atoms with Crippen LogP contribution in [0.15, 0.2) is 29.0 Å². The van der Waals surface area contributed by atoms with E-state index in [1.54, 1.807) is 12.1 Å². The Balaban J connectivity index is 1.96. The Morgan fingerprint density at radius 3 is 2.96 bits per heavy atom. The normalized spacial score (nSPS) is 17.4. The predicted octanol–water partition coefficient (Wildman–Crippen LogP) is 2.53. The first kappa shape index (κ1) is 18.4. The molecule has 0 fully saturated rings. The molecule has 0 unspecified atom stereocenters. The van der Waals surface area contributed by atoms with Gasteiger partial charge in [0.2, 0.25) is 0 Å². The number of rotatable bonds is 3. The summed E-state index contributed by atoms with van der Waals surface area (Å²) in [6.45, 7) is 1.89. The van der Waals surface area contributed by atoms with Crippen molar-refractivity contribution >= 4 is 27.9 Å². The van der Waals surface area contributed by atoms with E-state index in [1.165, 1.54) is 31.3 Å². The van der Waals surface area contributed by atoms with E-state index in [9.17, 15) is 14.0 Å². The third kappa shape index (κ3) is 3.44. The third-order valence-electron chi connectivity index (χ3n) is 4.34. The van der Waals surface area contributed by atoms with Crippen LogP contribution in [0, 0.1) is 5.82 Å². The molecule has 1 aliphatic rings. The summed E-state index contributed by atoms with van der Waals surface area (Å²) in [4.78, 5) is 33.2. The van der Waals surface area contributed by atoms with Gasteiger partial charge in [0.05, 0.1) is 19.1 Å². The standard InChI is InChI=1S/C17H18BrFN4O3/c1-9(16(24)26-2)22-17(25)23-6-5-13-14(21-8-20-13)15(23)11-4-3-10(18)7-12(11)19/h3-4,7-9,15H,5-6H2,1-2H3,(H,20,21)(H,22,25)/t9-,15+/m0/s1. The number of ether oxygens (including phenoxy) is 1. The van der Waals surface area contributed by atoms with Crippen LogP contribution in [-0.4, -0.2) is 46.6 Å². The number of amides is 2. The van der Waals surface area contributed by atoms with E-state index in [0.29, 0.717) is 28.7 Å². The summed E-state index contributed by atoms with van der Waals surface area (Å²) in [6, 6.07) is 2.70. The van der Waals surface area contributed by atoms with Crippen molar-refractivity contribution in [3.63, 3.8) is 0 Å². The molecule has 0 bridgehead atoms. The molecule has 2 amide bonds. The summed E-state index contributed by atoms with van der Waals surface area (Å²) >= 11 is 3.24. The molecule has 0 saturated heterocycles. The molecule has 3 rings (SSSR count). The lowest BCUT2D eigenvalue weighted by molar-refractivity contribution is -0.142. The van der Waals surface area contributed by atoms with Crippen LogP contribution in [0.25, 0.3) is 0 Å². The SMILES string of the molecule is COC(=O)[C@H](C)NC(=O)N1CCc2[nH]cnc2[C@H]1c1ccc(Br)cc1F. The maximum atomic E-state index is 14.6. The van der Waals surface area contributed by atoms with Crippen molar-refractivity contribution in [3.05, 3.63) is 51.8 Å². The summed E-state index contributed by atoms with van der Waals surface area (Å²) in [7, 11) is 1.25. The summed E-state index contributed by atoms with van der Waals surface area (Å²) in [5, 5.41) is 2.60. The molecule has 1 aromatic carbocycles. The first-order valence-electron chi connectivity index (χ1n) is 8.04. The van der Waals surface area contributed by atoms with Crippen molar-refractivity contribution in [2.24, 2.45) is 0 Å². The Kier molecular flexibility index (Phi) is 5.26. The van der Waals surface area contributed by atoms with Crippen LogP contribution >= 0.6 is 15.9 Å². The highest BCUT2D eigenvalue weighted by atomic mass is 79.9. The van der Waals surface area contributed by atoms with Gasteiger partial charge in [-0.15, -0.1) is 0 Å². The number of carbonyl (C=O) groups excluding carboxylic acids is 2. The van der Waals surface area contributed by atoms with E-state index in [2.05, 4.69) is 36.0 Å². The zero-order valence-corrected chi connectivity index (χ0v) is 15.8. The Morgan fingerprint density at radius 1 is 1.50 bits per heavy atom. The highest BCUT2D eigenvalue weighted by Gasteiger charge is 2.36. The Labute approximate surface area is 158 Å². The lowest BCUT2D eigenvalue weighted by Crippen LogP contribution is -2.50. The van der Waals surface area contributed by atoms with Crippen molar-refractivity contribution in [2.75, 3.05) is 13.7 Å². The van der Waals surface area contributed by atoms with Gasteiger partial charge in [0.25, 0.3) is 0 Å². The maximum absolute atomic E-state index is 14.6. The molecule has 0 aliphatic carbocycles. The number of methoxy groups -OCH3 is 1. The minimum absolute atomic E-state index is 0.335. The minimum Gasteiger partial charge on any atom is -0.467 e. The number of hydrogen-bond acceptors (Lipinski definition) is 4. The summed E-state index contributed by atoms with van der Waals surface area (Å²) < 4.78 is 19.9. The second-order valence-electron chi connectivity index (χ2n) is 5.97. The number of esters is 1. The van der Waals surface area contributed by atoms with Gasteiger partial charge in [-0.05, 0) is 19.1 Å². The van der Waals surface area contributed by atoms with Crippen molar-refractivity contribution < 1.29 is 18.7 Å². The number of nitrogens with zero attached hydrogens (tertiary/aromatic N) is 2. The van der Waals surface area contributed by atoms with Gasteiger partial charge < -0.3 is 19.9 Å². The predicted molar refractivity (Wildman–Crippen MR) is 95.0 cm³/mol. The largest absolute Gasteiger partial charge is 0.467 e. The highest BCUT2D eigenvalue weighted by Crippen LogP contribution is 2.35. The molecule has 7 nitrogen and oxygen atoms in total. The number of H-pyrrole nitrogens is 1. The number of imidazole rings is 1. The number of fused-ring (bicyclic) bond motifs is 1. The number of carbonyl (C=O) groups is 2. The molecule has 2 heterocycles. The van der Waals surface area contributed by atoms with E-state index >= 15 is 0 Å². The van der Waals surface area contributed by atoms with E-state index < -0.39 is 29.9 Å². The number of aromatic amines is 1. The Morgan fingerprint density at radius 2 is 2.27 bits per heavy atom. The van der Waals surface area contributed by atoms with E-state index in [-0.39, 0.29) is 0 Å². The maximum Gasteiger partial charge on any atom is 0.328 e. The zero-order valence-electron chi connectivity index (χ0n) is 14.3. The average molecular weight is 425 g/mol. The lowest BCUT2D eigenvalue weighted by Gasteiger charge is -2.35. The molecule has 0 radical (unpaired) electrons. The number of hydrogen-bond donors (Lipinski definition) is 2. The first-order valence-corrected chi connectivity index (χ1v) is 8.83. The van der Waals surface area contributed by atoms with Crippen LogP contribution in [0.5, 0.6) is 0 Å². The summed E-state index contributed by atoms with van der Waals surface area (Å²) in [6.07, 6.45) is 2.09. The molecule has 0 saturated carbocycles. The summed E-state index contributed by atoms with van der Waals surface area (Å²) in [5.74, 6) is -0.999. The van der Waals surface area contributed by atoms with Crippen molar-refractivity contribution in [1.82, 2.24) is 20.2 Å². The summed E-state index contributed by atoms with van der Waals surface area (Å²) in [5.41, 5.74) is 1.79. The molecule has 1 aliphatic heterocycles. The number of halogens is 2. The topological polar surface area (TPSA) is 87.3 Å². The van der Waals surface area contributed by atoms with Gasteiger partial charge in [0.1, 0.15) is 17.9 Å².